The quantitative estimate of drug-likeness (QED) is 0.841. The number of anilines is 1. The standard InChI is InChI=1S/C13H15F3N2O/c1-9(19)10-2-5-17-12(8-10)18-6-3-11(4-7-18)13(14,15)16/h2-3,5,8-9,19H,4,6-7H2,1H3/t9-/m0/s1. The van der Waals surface area contributed by atoms with Gasteiger partial charge in [0.1, 0.15) is 5.82 Å². The molecule has 0 radical (unpaired) electrons. The number of pyridine rings is 1. The fourth-order valence-electron chi connectivity index (χ4n) is 2.00. The second kappa shape index (κ2) is 5.21. The summed E-state index contributed by atoms with van der Waals surface area (Å²) < 4.78 is 37.5. The molecule has 3 nitrogen and oxygen atoms in total. The Labute approximate surface area is 109 Å². The van der Waals surface area contributed by atoms with E-state index < -0.39 is 17.9 Å². The number of halogens is 3. The minimum absolute atomic E-state index is 0.0376. The summed E-state index contributed by atoms with van der Waals surface area (Å²) in [6.07, 6.45) is -2.14. The Bertz CT molecular complexity index is 483. The molecule has 0 saturated heterocycles. The number of nitrogens with zero attached hydrogens (tertiary/aromatic N) is 2. The van der Waals surface area contributed by atoms with Gasteiger partial charge in [0.05, 0.1) is 6.10 Å². The molecule has 104 valence electrons. The van der Waals surface area contributed by atoms with Crippen LogP contribution in [0, 0.1) is 0 Å². The largest absolute Gasteiger partial charge is 0.412 e. The first-order valence-corrected chi connectivity index (χ1v) is 6.03. The molecule has 2 heterocycles. The Hall–Kier alpha value is -1.56. The molecular weight excluding hydrogens is 257 g/mol. The van der Waals surface area contributed by atoms with Crippen molar-refractivity contribution in [2.45, 2.75) is 25.6 Å². The summed E-state index contributed by atoms with van der Waals surface area (Å²) in [4.78, 5) is 5.90. The van der Waals surface area contributed by atoms with Crippen molar-refractivity contribution in [1.82, 2.24) is 4.98 Å². The zero-order chi connectivity index (χ0) is 14.0. The van der Waals surface area contributed by atoms with Crippen LogP contribution in [0.3, 0.4) is 0 Å². The molecule has 1 aromatic rings. The molecule has 0 amide bonds. The third-order valence-corrected chi connectivity index (χ3v) is 3.15. The lowest BCUT2D eigenvalue weighted by atomic mass is 10.1. The van der Waals surface area contributed by atoms with Crippen molar-refractivity contribution in [2.75, 3.05) is 18.0 Å². The van der Waals surface area contributed by atoms with Crippen molar-refractivity contribution in [2.24, 2.45) is 0 Å². The smallest absolute Gasteiger partial charge is 0.389 e. The summed E-state index contributed by atoms with van der Waals surface area (Å²) in [6, 6.07) is 3.40. The van der Waals surface area contributed by atoms with Gasteiger partial charge in [-0.1, -0.05) is 6.08 Å². The Kier molecular flexibility index (Phi) is 3.80. The van der Waals surface area contributed by atoms with Crippen LogP contribution in [0.25, 0.3) is 0 Å². The minimum Gasteiger partial charge on any atom is -0.389 e. The molecule has 0 bridgehead atoms. The number of aliphatic hydroxyl groups excluding tert-OH is 1. The third-order valence-electron chi connectivity index (χ3n) is 3.15. The van der Waals surface area contributed by atoms with Crippen molar-refractivity contribution in [1.29, 1.82) is 0 Å². The number of hydrogen-bond acceptors (Lipinski definition) is 3. The predicted octanol–water partition coefficient (Wildman–Crippen LogP) is 2.83. The maximum Gasteiger partial charge on any atom is 0.412 e. The first-order valence-electron chi connectivity index (χ1n) is 6.03. The highest BCUT2D eigenvalue weighted by Gasteiger charge is 2.34. The van der Waals surface area contributed by atoms with Gasteiger partial charge in [0, 0.05) is 24.9 Å². The van der Waals surface area contributed by atoms with E-state index in [2.05, 4.69) is 4.98 Å². The highest BCUT2D eigenvalue weighted by atomic mass is 19.4. The first kappa shape index (κ1) is 13.9. The number of alkyl halides is 3. The Balaban J connectivity index is 2.14. The maximum absolute atomic E-state index is 12.5. The van der Waals surface area contributed by atoms with Crippen LogP contribution in [0.2, 0.25) is 0 Å². The van der Waals surface area contributed by atoms with E-state index in [1.54, 1.807) is 30.2 Å². The van der Waals surface area contributed by atoms with E-state index >= 15 is 0 Å². The van der Waals surface area contributed by atoms with Crippen molar-refractivity contribution >= 4 is 5.82 Å². The van der Waals surface area contributed by atoms with Crippen molar-refractivity contribution < 1.29 is 18.3 Å². The maximum atomic E-state index is 12.5. The summed E-state index contributed by atoms with van der Waals surface area (Å²) in [7, 11) is 0. The summed E-state index contributed by atoms with van der Waals surface area (Å²) in [5.74, 6) is 0.593. The van der Waals surface area contributed by atoms with Gasteiger partial charge in [0.15, 0.2) is 0 Å². The van der Waals surface area contributed by atoms with Gasteiger partial charge in [-0.05, 0) is 31.0 Å². The summed E-state index contributed by atoms with van der Waals surface area (Å²) in [5, 5.41) is 9.49. The van der Waals surface area contributed by atoms with Crippen LogP contribution in [-0.4, -0.2) is 29.4 Å². The molecule has 1 atom stereocenters. The van der Waals surface area contributed by atoms with Crippen LogP contribution in [0.15, 0.2) is 30.0 Å². The molecule has 0 aromatic carbocycles. The molecule has 1 aromatic heterocycles. The average molecular weight is 272 g/mol. The van der Waals surface area contributed by atoms with Crippen molar-refractivity contribution in [3.05, 3.63) is 35.5 Å². The first-order chi connectivity index (χ1) is 8.88. The molecular formula is C13H15F3N2O. The van der Waals surface area contributed by atoms with E-state index in [0.717, 1.165) is 0 Å². The Morgan fingerprint density at radius 3 is 2.68 bits per heavy atom. The number of aromatic nitrogens is 1. The van der Waals surface area contributed by atoms with E-state index in [1.807, 2.05) is 0 Å². The molecule has 1 N–H and O–H groups in total. The summed E-state index contributed by atoms with van der Waals surface area (Å²) in [6.45, 7) is 2.10. The number of hydrogen-bond donors (Lipinski definition) is 1. The Morgan fingerprint density at radius 2 is 2.16 bits per heavy atom. The zero-order valence-corrected chi connectivity index (χ0v) is 10.5. The van der Waals surface area contributed by atoms with Gasteiger partial charge in [-0.2, -0.15) is 13.2 Å². The molecule has 0 saturated carbocycles. The van der Waals surface area contributed by atoms with E-state index in [-0.39, 0.29) is 19.5 Å². The average Bonchev–Trinajstić information content (AvgIpc) is 2.38. The van der Waals surface area contributed by atoms with E-state index in [0.29, 0.717) is 11.4 Å². The lowest BCUT2D eigenvalue weighted by Crippen LogP contribution is -2.32. The topological polar surface area (TPSA) is 36.4 Å². The highest BCUT2D eigenvalue weighted by molar-refractivity contribution is 5.44. The molecule has 0 unspecified atom stereocenters. The van der Waals surface area contributed by atoms with Gasteiger partial charge in [0.25, 0.3) is 0 Å². The van der Waals surface area contributed by atoms with Crippen LogP contribution < -0.4 is 4.90 Å². The highest BCUT2D eigenvalue weighted by Crippen LogP contribution is 2.31. The van der Waals surface area contributed by atoms with E-state index in [1.165, 1.54) is 6.08 Å². The molecule has 1 aliphatic rings. The summed E-state index contributed by atoms with van der Waals surface area (Å²) in [5.41, 5.74) is 0.228. The van der Waals surface area contributed by atoms with E-state index in [9.17, 15) is 18.3 Å². The van der Waals surface area contributed by atoms with Crippen LogP contribution >= 0.6 is 0 Å². The van der Waals surface area contributed by atoms with Gasteiger partial charge >= 0.3 is 6.18 Å². The number of rotatable bonds is 2. The van der Waals surface area contributed by atoms with Gasteiger partial charge in [0.2, 0.25) is 0 Å². The van der Waals surface area contributed by atoms with Crippen molar-refractivity contribution in [3.63, 3.8) is 0 Å². The van der Waals surface area contributed by atoms with Gasteiger partial charge < -0.3 is 10.0 Å². The van der Waals surface area contributed by atoms with Crippen molar-refractivity contribution in [3.8, 4) is 0 Å². The molecule has 0 spiro atoms. The normalized spacial score (nSPS) is 18.2. The minimum atomic E-state index is -4.24. The lowest BCUT2D eigenvalue weighted by Gasteiger charge is -2.28. The van der Waals surface area contributed by atoms with Crippen LogP contribution in [0.1, 0.15) is 25.0 Å². The van der Waals surface area contributed by atoms with Crippen LogP contribution in [0.4, 0.5) is 19.0 Å². The molecule has 0 aliphatic carbocycles. The fourth-order valence-corrected chi connectivity index (χ4v) is 2.00. The van der Waals surface area contributed by atoms with Crippen LogP contribution in [0.5, 0.6) is 0 Å². The molecule has 19 heavy (non-hydrogen) atoms. The molecule has 6 heteroatoms. The second-order valence-corrected chi connectivity index (χ2v) is 4.55. The lowest BCUT2D eigenvalue weighted by molar-refractivity contribution is -0.0944. The van der Waals surface area contributed by atoms with Gasteiger partial charge in [-0.3, -0.25) is 0 Å². The Morgan fingerprint density at radius 1 is 1.42 bits per heavy atom. The van der Waals surface area contributed by atoms with Gasteiger partial charge in [-0.25, -0.2) is 4.98 Å². The third kappa shape index (κ3) is 3.26. The number of aliphatic hydroxyl groups is 1. The molecule has 2 rings (SSSR count). The molecule has 1 aliphatic heterocycles. The monoisotopic (exact) mass is 272 g/mol. The predicted molar refractivity (Wildman–Crippen MR) is 65.8 cm³/mol. The molecule has 0 fully saturated rings. The van der Waals surface area contributed by atoms with Crippen LogP contribution in [-0.2, 0) is 0 Å². The fraction of sp³-hybridized carbons (Fsp3) is 0.462. The zero-order valence-electron chi connectivity index (χ0n) is 10.5. The van der Waals surface area contributed by atoms with Gasteiger partial charge in [-0.15, -0.1) is 0 Å². The van der Waals surface area contributed by atoms with E-state index in [4.69, 9.17) is 0 Å². The second-order valence-electron chi connectivity index (χ2n) is 4.55. The SMILES string of the molecule is C[C@H](O)c1ccnc(N2CC=C(C(F)(F)F)CC2)c1. The summed E-state index contributed by atoms with van der Waals surface area (Å²) >= 11 is 0.